The maximum absolute atomic E-state index is 7.40. The van der Waals surface area contributed by atoms with E-state index in [-0.39, 0.29) is 5.84 Å². The van der Waals surface area contributed by atoms with Crippen LogP contribution in [0.5, 0.6) is 0 Å². The first kappa shape index (κ1) is 14.4. The fourth-order valence-corrected chi connectivity index (χ4v) is 2.92. The van der Waals surface area contributed by atoms with Gasteiger partial charge in [-0.1, -0.05) is 0 Å². The first-order valence-corrected chi connectivity index (χ1v) is 7.51. The van der Waals surface area contributed by atoms with Crippen LogP contribution in [-0.4, -0.2) is 30.9 Å². The van der Waals surface area contributed by atoms with Crippen LogP contribution >= 0.6 is 27.7 Å². The van der Waals surface area contributed by atoms with E-state index in [2.05, 4.69) is 41.1 Å². The van der Waals surface area contributed by atoms with E-state index in [0.717, 1.165) is 21.5 Å². The van der Waals surface area contributed by atoms with E-state index in [4.69, 9.17) is 11.1 Å². The standard InChI is InChI=1S/C12H18BrN3S/c1-8(7-17-3)16(2)11-5-4-9(12(14)15)6-10(11)13/h4-6,8H,7H2,1-3H3,(H3,14,15). The van der Waals surface area contributed by atoms with Gasteiger partial charge >= 0.3 is 0 Å². The largest absolute Gasteiger partial charge is 0.384 e. The number of halogens is 1. The highest BCUT2D eigenvalue weighted by atomic mass is 79.9. The van der Waals surface area contributed by atoms with E-state index in [1.807, 2.05) is 30.0 Å². The lowest BCUT2D eigenvalue weighted by molar-refractivity contribution is 0.764. The molecule has 5 heteroatoms. The van der Waals surface area contributed by atoms with Crippen molar-refractivity contribution in [2.45, 2.75) is 13.0 Å². The fourth-order valence-electron chi connectivity index (χ4n) is 1.55. The van der Waals surface area contributed by atoms with Gasteiger partial charge in [0.2, 0.25) is 0 Å². The van der Waals surface area contributed by atoms with E-state index < -0.39 is 0 Å². The van der Waals surface area contributed by atoms with E-state index in [0.29, 0.717) is 6.04 Å². The highest BCUT2D eigenvalue weighted by molar-refractivity contribution is 9.10. The third kappa shape index (κ3) is 3.64. The van der Waals surface area contributed by atoms with Crippen molar-refractivity contribution >= 4 is 39.2 Å². The molecule has 1 rings (SSSR count). The van der Waals surface area contributed by atoms with Gasteiger partial charge in [0.15, 0.2) is 0 Å². The Morgan fingerprint density at radius 3 is 2.71 bits per heavy atom. The van der Waals surface area contributed by atoms with Crippen LogP contribution in [0.1, 0.15) is 12.5 Å². The molecule has 0 bridgehead atoms. The zero-order chi connectivity index (χ0) is 13.0. The average molecular weight is 316 g/mol. The summed E-state index contributed by atoms with van der Waals surface area (Å²) in [5.41, 5.74) is 7.33. The molecule has 0 heterocycles. The number of nitrogens with one attached hydrogen (secondary N) is 1. The van der Waals surface area contributed by atoms with Gasteiger partial charge in [-0.2, -0.15) is 11.8 Å². The third-order valence-corrected chi connectivity index (χ3v) is 4.16. The minimum Gasteiger partial charge on any atom is -0.384 e. The Kier molecular flexibility index (Phi) is 5.33. The van der Waals surface area contributed by atoms with E-state index in [1.54, 1.807) is 0 Å². The van der Waals surface area contributed by atoms with Crippen molar-refractivity contribution in [2.24, 2.45) is 5.73 Å². The lowest BCUT2D eigenvalue weighted by atomic mass is 10.1. The molecule has 1 unspecified atom stereocenters. The number of thioether (sulfide) groups is 1. The molecule has 0 saturated carbocycles. The van der Waals surface area contributed by atoms with Crippen LogP contribution in [0, 0.1) is 5.41 Å². The van der Waals surface area contributed by atoms with E-state index in [9.17, 15) is 0 Å². The molecule has 0 fully saturated rings. The van der Waals surface area contributed by atoms with Crippen LogP contribution in [0.3, 0.4) is 0 Å². The van der Waals surface area contributed by atoms with Crippen molar-refractivity contribution in [1.29, 1.82) is 5.41 Å². The molecule has 0 amide bonds. The molecule has 0 spiro atoms. The molecule has 0 saturated heterocycles. The number of anilines is 1. The fraction of sp³-hybridized carbons (Fsp3) is 0.417. The predicted molar refractivity (Wildman–Crippen MR) is 81.4 cm³/mol. The maximum atomic E-state index is 7.40. The Hall–Kier alpha value is -0.680. The second-order valence-corrected chi connectivity index (χ2v) is 5.76. The van der Waals surface area contributed by atoms with Crippen LogP contribution in [0.2, 0.25) is 0 Å². The van der Waals surface area contributed by atoms with E-state index in [1.165, 1.54) is 0 Å². The van der Waals surface area contributed by atoms with Gasteiger partial charge in [0.25, 0.3) is 0 Å². The zero-order valence-electron chi connectivity index (χ0n) is 10.3. The highest BCUT2D eigenvalue weighted by Crippen LogP contribution is 2.28. The molecule has 3 nitrogen and oxygen atoms in total. The van der Waals surface area contributed by atoms with Gasteiger partial charge in [-0.3, -0.25) is 5.41 Å². The van der Waals surface area contributed by atoms with Crippen molar-refractivity contribution in [2.75, 3.05) is 24.0 Å². The molecule has 17 heavy (non-hydrogen) atoms. The number of nitrogens with two attached hydrogens (primary N) is 1. The van der Waals surface area contributed by atoms with Crippen LogP contribution in [0.15, 0.2) is 22.7 Å². The average Bonchev–Trinajstić information content (AvgIpc) is 2.28. The topological polar surface area (TPSA) is 53.1 Å². The van der Waals surface area contributed by atoms with Crippen LogP contribution in [0.4, 0.5) is 5.69 Å². The molecular weight excluding hydrogens is 298 g/mol. The molecule has 0 aliphatic rings. The summed E-state index contributed by atoms with van der Waals surface area (Å²) >= 11 is 5.37. The van der Waals surface area contributed by atoms with Gasteiger partial charge in [0.05, 0.1) is 5.69 Å². The van der Waals surface area contributed by atoms with Gasteiger partial charge in [0, 0.05) is 28.9 Å². The normalized spacial score (nSPS) is 12.2. The molecule has 0 aromatic heterocycles. The Bertz CT molecular complexity index is 409. The van der Waals surface area contributed by atoms with Crippen molar-refractivity contribution < 1.29 is 0 Å². The quantitative estimate of drug-likeness (QED) is 0.649. The van der Waals surface area contributed by atoms with Crippen LogP contribution in [0.25, 0.3) is 0 Å². The Balaban J connectivity index is 2.95. The Morgan fingerprint density at radius 2 is 2.24 bits per heavy atom. The lowest BCUT2D eigenvalue weighted by Gasteiger charge is -2.27. The maximum Gasteiger partial charge on any atom is 0.122 e. The second kappa shape index (κ2) is 6.31. The molecule has 3 N–H and O–H groups in total. The number of hydrogen-bond donors (Lipinski definition) is 2. The monoisotopic (exact) mass is 315 g/mol. The summed E-state index contributed by atoms with van der Waals surface area (Å²) in [5, 5.41) is 7.40. The van der Waals surface area contributed by atoms with Gasteiger partial charge < -0.3 is 10.6 Å². The Labute approximate surface area is 115 Å². The Morgan fingerprint density at radius 1 is 1.59 bits per heavy atom. The minimum atomic E-state index is 0.0945. The SMILES string of the molecule is CSCC(C)N(C)c1ccc(C(=N)N)cc1Br. The molecule has 1 atom stereocenters. The van der Waals surface area contributed by atoms with Crippen molar-refractivity contribution in [3.8, 4) is 0 Å². The second-order valence-electron chi connectivity index (χ2n) is 4.00. The first-order chi connectivity index (χ1) is 7.97. The summed E-state index contributed by atoms with van der Waals surface area (Å²) < 4.78 is 0.973. The molecule has 94 valence electrons. The molecule has 0 radical (unpaired) electrons. The summed E-state index contributed by atoms with van der Waals surface area (Å²) in [5.74, 6) is 1.18. The highest BCUT2D eigenvalue weighted by Gasteiger charge is 2.13. The lowest BCUT2D eigenvalue weighted by Crippen LogP contribution is -2.31. The summed E-state index contributed by atoms with van der Waals surface area (Å²) in [6.45, 7) is 2.20. The van der Waals surface area contributed by atoms with E-state index >= 15 is 0 Å². The number of nitrogens with zero attached hydrogens (tertiary/aromatic N) is 1. The first-order valence-electron chi connectivity index (χ1n) is 5.33. The van der Waals surface area contributed by atoms with Crippen molar-refractivity contribution in [3.63, 3.8) is 0 Å². The number of hydrogen-bond acceptors (Lipinski definition) is 3. The van der Waals surface area contributed by atoms with Crippen LogP contribution < -0.4 is 10.6 Å². The van der Waals surface area contributed by atoms with Crippen molar-refractivity contribution in [1.82, 2.24) is 0 Å². The van der Waals surface area contributed by atoms with Gasteiger partial charge in [-0.05, 0) is 47.3 Å². The summed E-state index contributed by atoms with van der Waals surface area (Å²) in [7, 11) is 2.08. The van der Waals surface area contributed by atoms with Gasteiger partial charge in [-0.15, -0.1) is 0 Å². The summed E-state index contributed by atoms with van der Waals surface area (Å²) in [6.07, 6.45) is 2.11. The minimum absolute atomic E-state index is 0.0945. The smallest absolute Gasteiger partial charge is 0.122 e. The van der Waals surface area contributed by atoms with Gasteiger partial charge in [0.1, 0.15) is 5.84 Å². The molecule has 0 aliphatic heterocycles. The zero-order valence-corrected chi connectivity index (χ0v) is 12.7. The molecule has 1 aromatic carbocycles. The summed E-state index contributed by atoms with van der Waals surface area (Å²) in [4.78, 5) is 2.23. The third-order valence-electron chi connectivity index (χ3n) is 2.71. The summed E-state index contributed by atoms with van der Waals surface area (Å²) in [6, 6.07) is 6.23. The number of nitrogen functional groups attached to an aromatic ring is 1. The van der Waals surface area contributed by atoms with Crippen LogP contribution in [-0.2, 0) is 0 Å². The predicted octanol–water partition coefficient (Wildman–Crippen LogP) is 2.92. The van der Waals surface area contributed by atoms with Gasteiger partial charge in [-0.25, -0.2) is 0 Å². The molecule has 1 aromatic rings. The number of benzene rings is 1. The van der Waals surface area contributed by atoms with Crippen molar-refractivity contribution in [3.05, 3.63) is 28.2 Å². The number of rotatable bonds is 5. The molecular formula is C12H18BrN3S. The number of amidine groups is 1. The molecule has 0 aliphatic carbocycles.